The van der Waals surface area contributed by atoms with Crippen LogP contribution < -0.4 is 0 Å². The monoisotopic (exact) mass is 1210 g/mol. The number of hydrogen-bond donors (Lipinski definition) is 13. The van der Waals surface area contributed by atoms with Crippen molar-refractivity contribution in [2.45, 2.75) is 272 Å². The predicted octanol–water partition coefficient (Wildman–Crippen LogP) is -1.05. The van der Waals surface area contributed by atoms with Crippen molar-refractivity contribution in [1.29, 1.82) is 0 Å². The highest BCUT2D eigenvalue weighted by Gasteiger charge is 2.63. The largest absolute Gasteiger partial charge is 0.397 e. The van der Waals surface area contributed by atoms with Gasteiger partial charge in [0.1, 0.15) is 91.6 Å². The fourth-order valence-corrected chi connectivity index (χ4v) is 15.8. The summed E-state index contributed by atoms with van der Waals surface area (Å²) < 4.78 is 100. The Morgan fingerprint density at radius 1 is 0.651 bits per heavy atom. The van der Waals surface area contributed by atoms with Gasteiger partial charge in [0.25, 0.3) is 0 Å². The quantitative estimate of drug-likeness (QED) is 0.0610. The van der Waals surface area contributed by atoms with Crippen molar-refractivity contribution < 1.29 is 126 Å². The van der Waals surface area contributed by atoms with E-state index in [1.807, 2.05) is 6.92 Å². The second-order valence-electron chi connectivity index (χ2n) is 26.2. The molecule has 9 rings (SSSR count). The Morgan fingerprint density at radius 2 is 1.22 bits per heavy atom. The average Bonchev–Trinajstić information content (AvgIpc) is 1.94. The minimum absolute atomic E-state index is 0.0469. The summed E-state index contributed by atoms with van der Waals surface area (Å²) in [5.74, 6) is -0.198. The lowest BCUT2D eigenvalue weighted by Crippen LogP contribution is -2.66. The van der Waals surface area contributed by atoms with E-state index in [1.54, 1.807) is 0 Å². The van der Waals surface area contributed by atoms with Gasteiger partial charge in [-0.1, -0.05) is 51.5 Å². The van der Waals surface area contributed by atoms with Crippen molar-refractivity contribution in [3.05, 3.63) is 23.8 Å². The number of aliphatic hydroxyl groups excluding tert-OH is 11. The van der Waals surface area contributed by atoms with Crippen LogP contribution in [0.25, 0.3) is 0 Å². The first-order valence-corrected chi connectivity index (χ1v) is 30.8. The van der Waals surface area contributed by atoms with Gasteiger partial charge >= 0.3 is 10.4 Å². The molecule has 0 amide bonds. The first kappa shape index (κ1) is 65.9. The van der Waals surface area contributed by atoms with Crippen molar-refractivity contribution in [3.63, 3.8) is 0 Å². The van der Waals surface area contributed by atoms with E-state index >= 15 is 0 Å². The Kier molecular flexibility index (Phi) is 20.2. The molecule has 3 saturated carbocycles. The predicted molar refractivity (Wildman–Crippen MR) is 284 cm³/mol. The van der Waals surface area contributed by atoms with Crippen LogP contribution >= 0.6 is 0 Å². The number of rotatable bonds is 17. The van der Waals surface area contributed by atoms with Gasteiger partial charge in [-0.05, 0) is 126 Å². The van der Waals surface area contributed by atoms with E-state index in [-0.39, 0.29) is 35.5 Å². The highest BCUT2D eigenvalue weighted by Crippen LogP contribution is 2.67. The van der Waals surface area contributed by atoms with Crippen LogP contribution in [0.15, 0.2) is 23.8 Å². The van der Waals surface area contributed by atoms with Gasteiger partial charge in [0.15, 0.2) is 31.5 Å². The molecule has 4 aliphatic carbocycles. The third-order valence-corrected chi connectivity index (χ3v) is 21.0. The van der Waals surface area contributed by atoms with Crippen LogP contribution in [0.4, 0.5) is 0 Å². The molecule has 0 bridgehead atoms. The Balaban J connectivity index is 0.975. The molecular formula is C56H92O26S. The second-order valence-corrected chi connectivity index (χ2v) is 27.3. The molecule has 478 valence electrons. The maximum atomic E-state index is 12.4. The third-order valence-electron chi connectivity index (χ3n) is 20.5. The van der Waals surface area contributed by atoms with Crippen LogP contribution in [-0.2, 0) is 62.0 Å². The zero-order valence-corrected chi connectivity index (χ0v) is 49.2. The minimum Gasteiger partial charge on any atom is -0.390 e. The van der Waals surface area contributed by atoms with Crippen LogP contribution in [-0.4, -0.2) is 247 Å². The van der Waals surface area contributed by atoms with E-state index < -0.39 is 194 Å². The van der Waals surface area contributed by atoms with Crippen molar-refractivity contribution in [1.82, 2.24) is 0 Å². The van der Waals surface area contributed by atoms with Crippen LogP contribution in [0.1, 0.15) is 113 Å². The summed E-state index contributed by atoms with van der Waals surface area (Å²) >= 11 is 0. The second kappa shape index (κ2) is 25.4. The summed E-state index contributed by atoms with van der Waals surface area (Å²) in [6.07, 6.45) is -32.2. The molecule has 83 heavy (non-hydrogen) atoms. The van der Waals surface area contributed by atoms with Gasteiger partial charge in [0.2, 0.25) is 0 Å². The highest BCUT2D eigenvalue weighted by atomic mass is 32.3. The van der Waals surface area contributed by atoms with E-state index in [1.165, 1.54) is 26.3 Å². The first-order valence-electron chi connectivity index (χ1n) is 29.5. The number of ether oxygens (including phenoxy) is 10. The molecule has 32 atom stereocenters. The molecule has 5 aliphatic heterocycles. The molecule has 0 aromatic rings. The van der Waals surface area contributed by atoms with Gasteiger partial charge < -0.3 is 109 Å². The normalized spacial score (nSPS) is 51.3. The first-order chi connectivity index (χ1) is 38.8. The van der Waals surface area contributed by atoms with Crippen LogP contribution in [0.5, 0.6) is 0 Å². The maximum Gasteiger partial charge on any atom is 0.397 e. The number of aliphatic hydroxyl groups is 12. The maximum absolute atomic E-state index is 12.4. The lowest BCUT2D eigenvalue weighted by Gasteiger charge is -2.60. The number of hydrogen-bond acceptors (Lipinski definition) is 25. The van der Waals surface area contributed by atoms with Crippen molar-refractivity contribution in [2.24, 2.45) is 40.4 Å². The summed E-state index contributed by atoms with van der Waals surface area (Å²) in [7, 11) is -4.85. The Bertz CT molecular complexity index is 2370. The molecule has 5 saturated heterocycles. The molecule has 0 aromatic carbocycles. The molecular weight excluding hydrogens is 1120 g/mol. The Hall–Kier alpha value is -1.53. The lowest BCUT2D eigenvalue weighted by atomic mass is 9.47. The summed E-state index contributed by atoms with van der Waals surface area (Å²) in [5.41, 5.74) is 0.381. The van der Waals surface area contributed by atoms with Gasteiger partial charge in [-0.2, -0.15) is 8.42 Å². The molecule has 8 fully saturated rings. The van der Waals surface area contributed by atoms with Gasteiger partial charge in [-0.15, -0.1) is 0 Å². The van der Waals surface area contributed by atoms with E-state index in [0.717, 1.165) is 18.4 Å². The zero-order valence-electron chi connectivity index (χ0n) is 48.4. The Labute approximate surface area is 484 Å². The molecule has 0 radical (unpaired) electrons. The van der Waals surface area contributed by atoms with Crippen molar-refractivity contribution in [3.8, 4) is 0 Å². The van der Waals surface area contributed by atoms with E-state index in [0.29, 0.717) is 38.5 Å². The van der Waals surface area contributed by atoms with E-state index in [9.17, 15) is 74.2 Å². The summed E-state index contributed by atoms with van der Waals surface area (Å²) in [6.45, 7) is 18.0. The van der Waals surface area contributed by atoms with Crippen LogP contribution in [0, 0.1) is 40.4 Å². The average molecular weight is 1210 g/mol. The van der Waals surface area contributed by atoms with Crippen LogP contribution in [0.2, 0.25) is 0 Å². The lowest BCUT2D eigenvalue weighted by molar-refractivity contribution is -0.396. The standard InChI is InChI=1S/C56H92O26S/c1-22(2)23(3)12-17-56(9,68)35-11-10-29-28-19-33(31-18-27(82-83(69,70)71)13-15-54(31,7)30(28)14-16-55(29,35)8)77-51-45(67)46(38(60)26(6)75-51)79-52-47(81-50-44(66)41(63)36(58)24(4)74-50)40(62)34(21-73-52)78-53-48(42(64)37(59)25(5)76-53)80-49-43(65)39(61)32(57)20-72-49/h14,22,24-29,31-53,57-68H,3,10-13,15-21H2,1-2,4-9H3,(H,69,70,71)/t24-,25-,26-,27+,28+,29+,31-,32+,33+,34-,35+,36-,37+,38-,39+,40+,41+,42+,43-,44-,45-,46+,47-,48-,49+,50+,51+,52+,53+,54-,55+,56+/m1/s1. The highest BCUT2D eigenvalue weighted by molar-refractivity contribution is 7.80. The smallest absolute Gasteiger partial charge is 0.390 e. The number of allylic oxidation sites excluding steroid dienone is 3. The molecule has 0 unspecified atom stereocenters. The molecule has 26 nitrogen and oxygen atoms in total. The van der Waals surface area contributed by atoms with E-state index in [4.69, 9.17) is 51.6 Å². The topological polar surface area (TPSA) is 399 Å². The summed E-state index contributed by atoms with van der Waals surface area (Å²) in [4.78, 5) is 0. The minimum atomic E-state index is -4.85. The molecule has 27 heteroatoms. The number of fused-ring (bicyclic) bond motifs is 5. The molecule has 9 aliphatic rings. The van der Waals surface area contributed by atoms with E-state index in [2.05, 4.69) is 40.3 Å². The van der Waals surface area contributed by atoms with Gasteiger partial charge in [0.05, 0.1) is 49.3 Å². The molecule has 5 heterocycles. The third kappa shape index (κ3) is 13.1. The van der Waals surface area contributed by atoms with Gasteiger partial charge in [0, 0.05) is 0 Å². The van der Waals surface area contributed by atoms with Gasteiger partial charge in [-0.3, -0.25) is 4.55 Å². The van der Waals surface area contributed by atoms with Crippen molar-refractivity contribution in [2.75, 3.05) is 13.2 Å². The molecule has 13 N–H and O–H groups in total. The zero-order chi connectivity index (χ0) is 60.7. The fraction of sp³-hybridized carbons (Fsp3) is 0.929. The summed E-state index contributed by atoms with van der Waals surface area (Å²) in [6, 6.07) is 0. The van der Waals surface area contributed by atoms with Crippen molar-refractivity contribution >= 4 is 10.4 Å². The fourth-order valence-electron chi connectivity index (χ4n) is 15.3. The SMILES string of the molecule is C=C(CC[C@](C)(O)[C@H]1CC[C@H]2[C@@H]3C[C@H](O[C@@H]4O[C@H](C)[C@@H](O)[C@H](O[C@@H]5OC[C@@H](O[C@@H]6O[C@H](C)[C@H](O)[C@H](O)[C@H]6O[C@@H]6OC[C@H](O)[C@H](O)[C@H]6O)[C@H](O)[C@H]5O[C@@H]5O[C@H](C)[C@@H](O)[C@H](O)[C@H]5O)[C@H]4O)[C@H]4C[C@@H](OS(=O)(=O)O)CC[C@]4(C)C3=CC[C@@]21C)C(C)C. The summed E-state index contributed by atoms with van der Waals surface area (Å²) in [5, 5.41) is 134. The molecule has 0 aromatic heterocycles. The van der Waals surface area contributed by atoms with Crippen LogP contribution in [0.3, 0.4) is 0 Å². The van der Waals surface area contributed by atoms with Gasteiger partial charge in [-0.25, -0.2) is 4.18 Å². The Morgan fingerprint density at radius 3 is 1.88 bits per heavy atom. The molecule has 0 spiro atoms.